The van der Waals surface area contributed by atoms with Gasteiger partial charge in [-0.05, 0) is 36.6 Å². The van der Waals surface area contributed by atoms with Gasteiger partial charge < -0.3 is 0 Å². The molecule has 1 fully saturated rings. The number of nitrogens with zero attached hydrogens (tertiary/aromatic N) is 2. The van der Waals surface area contributed by atoms with Gasteiger partial charge >= 0.3 is 0 Å². The van der Waals surface area contributed by atoms with Crippen LogP contribution >= 0.6 is 11.8 Å². The van der Waals surface area contributed by atoms with Crippen molar-refractivity contribution in [3.63, 3.8) is 0 Å². The van der Waals surface area contributed by atoms with E-state index >= 15 is 0 Å². The standard InChI is InChI=1S/C16H16N2OS/c19-16-10-12-11-18(13-4-2-1-3-5-13)17(14-6-7-14)9-8-15(12)20-16/h1-5,8-9,14H,6-7,10-11H2. The summed E-state index contributed by atoms with van der Waals surface area (Å²) in [7, 11) is 0. The maximum absolute atomic E-state index is 11.6. The quantitative estimate of drug-likeness (QED) is 0.831. The van der Waals surface area contributed by atoms with Crippen LogP contribution in [0.5, 0.6) is 0 Å². The Hall–Kier alpha value is -1.68. The predicted molar refractivity (Wildman–Crippen MR) is 82.0 cm³/mol. The summed E-state index contributed by atoms with van der Waals surface area (Å²) in [5.74, 6) is 0. The first kappa shape index (κ1) is 12.1. The number of benzene rings is 1. The highest BCUT2D eigenvalue weighted by Gasteiger charge is 2.34. The summed E-state index contributed by atoms with van der Waals surface area (Å²) in [5, 5.41) is 4.93. The van der Waals surface area contributed by atoms with Gasteiger partial charge in [-0.2, -0.15) is 0 Å². The largest absolute Gasteiger partial charge is 0.289 e. The molecule has 0 atom stereocenters. The van der Waals surface area contributed by atoms with Gasteiger partial charge in [-0.3, -0.25) is 14.8 Å². The third kappa shape index (κ3) is 2.14. The van der Waals surface area contributed by atoms with Crippen molar-refractivity contribution in [3.8, 4) is 0 Å². The molecular formula is C16H16N2OS. The number of rotatable bonds is 2. The van der Waals surface area contributed by atoms with E-state index in [9.17, 15) is 4.79 Å². The smallest absolute Gasteiger partial charge is 0.197 e. The maximum Gasteiger partial charge on any atom is 0.197 e. The van der Waals surface area contributed by atoms with Gasteiger partial charge in [-0.1, -0.05) is 30.0 Å². The molecule has 3 aliphatic rings. The van der Waals surface area contributed by atoms with E-state index < -0.39 is 0 Å². The van der Waals surface area contributed by atoms with E-state index in [0.29, 0.717) is 12.5 Å². The fourth-order valence-electron chi connectivity index (χ4n) is 2.75. The van der Waals surface area contributed by atoms with E-state index in [2.05, 4.69) is 46.6 Å². The summed E-state index contributed by atoms with van der Waals surface area (Å²) in [5.41, 5.74) is 2.45. The Morgan fingerprint density at radius 2 is 1.95 bits per heavy atom. The molecule has 0 radical (unpaired) electrons. The van der Waals surface area contributed by atoms with Crippen LogP contribution in [0.1, 0.15) is 19.3 Å². The summed E-state index contributed by atoms with van der Waals surface area (Å²) >= 11 is 1.39. The van der Waals surface area contributed by atoms with Crippen molar-refractivity contribution in [3.05, 3.63) is 53.1 Å². The van der Waals surface area contributed by atoms with Crippen LogP contribution in [0.15, 0.2) is 53.1 Å². The zero-order chi connectivity index (χ0) is 13.5. The molecule has 1 aromatic carbocycles. The number of para-hydroxylation sites is 1. The molecule has 4 rings (SSSR count). The molecule has 0 aromatic heterocycles. The highest BCUT2D eigenvalue weighted by molar-refractivity contribution is 8.17. The molecule has 4 heteroatoms. The van der Waals surface area contributed by atoms with E-state index in [4.69, 9.17) is 0 Å². The third-order valence-corrected chi connectivity index (χ3v) is 4.92. The minimum Gasteiger partial charge on any atom is -0.289 e. The fraction of sp³-hybridized carbons (Fsp3) is 0.312. The summed E-state index contributed by atoms with van der Waals surface area (Å²) in [4.78, 5) is 12.8. The SMILES string of the molecule is O=C1CC2=C(C=CN(C3CC3)N(c3ccccc3)C2)S1. The number of hydrogen-bond acceptors (Lipinski definition) is 4. The molecule has 20 heavy (non-hydrogen) atoms. The van der Waals surface area contributed by atoms with Gasteiger partial charge in [0, 0.05) is 17.5 Å². The van der Waals surface area contributed by atoms with Crippen LogP contribution in [0.4, 0.5) is 5.69 Å². The lowest BCUT2D eigenvalue weighted by Crippen LogP contribution is -2.41. The first-order valence-electron chi connectivity index (χ1n) is 7.03. The number of hydrogen-bond donors (Lipinski definition) is 0. The molecule has 2 heterocycles. The molecule has 102 valence electrons. The molecule has 1 aliphatic carbocycles. The minimum absolute atomic E-state index is 0.271. The highest BCUT2D eigenvalue weighted by atomic mass is 32.2. The number of thioether (sulfide) groups is 1. The molecular weight excluding hydrogens is 268 g/mol. The van der Waals surface area contributed by atoms with Gasteiger partial charge in [0.2, 0.25) is 0 Å². The van der Waals surface area contributed by atoms with Gasteiger partial charge in [0.15, 0.2) is 5.12 Å². The number of allylic oxidation sites excluding steroid dienone is 1. The Kier molecular flexibility index (Phi) is 2.84. The second kappa shape index (κ2) is 4.70. The Morgan fingerprint density at radius 1 is 1.15 bits per heavy atom. The van der Waals surface area contributed by atoms with Gasteiger partial charge in [0.1, 0.15) is 0 Å². The highest BCUT2D eigenvalue weighted by Crippen LogP contribution is 2.39. The summed E-state index contributed by atoms with van der Waals surface area (Å²) in [6.45, 7) is 0.821. The van der Waals surface area contributed by atoms with Crippen LogP contribution in [0.2, 0.25) is 0 Å². The van der Waals surface area contributed by atoms with Crippen LogP contribution in [-0.4, -0.2) is 22.7 Å². The predicted octanol–water partition coefficient (Wildman–Crippen LogP) is 3.32. The molecule has 0 unspecified atom stereocenters. The second-order valence-corrected chi connectivity index (χ2v) is 6.54. The van der Waals surface area contributed by atoms with Crippen molar-refractivity contribution in [2.45, 2.75) is 25.3 Å². The first-order valence-corrected chi connectivity index (χ1v) is 7.84. The van der Waals surface area contributed by atoms with E-state index in [1.54, 1.807) is 0 Å². The van der Waals surface area contributed by atoms with Crippen molar-refractivity contribution in [2.24, 2.45) is 0 Å². The Labute approximate surface area is 122 Å². The van der Waals surface area contributed by atoms with Gasteiger partial charge in [-0.15, -0.1) is 0 Å². The van der Waals surface area contributed by atoms with E-state index in [0.717, 1.165) is 11.4 Å². The molecule has 0 amide bonds. The van der Waals surface area contributed by atoms with Crippen LogP contribution < -0.4 is 5.01 Å². The number of carbonyl (C=O) groups excluding carboxylic acids is 1. The average molecular weight is 284 g/mol. The molecule has 0 saturated heterocycles. The number of hydrazine groups is 1. The van der Waals surface area contributed by atoms with Crippen molar-refractivity contribution in [2.75, 3.05) is 11.6 Å². The Balaban J connectivity index is 1.70. The van der Waals surface area contributed by atoms with Gasteiger partial charge in [0.05, 0.1) is 18.3 Å². The van der Waals surface area contributed by atoms with Crippen LogP contribution in [0, 0.1) is 0 Å². The van der Waals surface area contributed by atoms with Crippen LogP contribution in [0.25, 0.3) is 0 Å². The van der Waals surface area contributed by atoms with Crippen molar-refractivity contribution in [1.29, 1.82) is 0 Å². The monoisotopic (exact) mass is 284 g/mol. The Bertz CT molecular complexity index is 604. The molecule has 2 aliphatic heterocycles. The Morgan fingerprint density at radius 3 is 2.70 bits per heavy atom. The van der Waals surface area contributed by atoms with Gasteiger partial charge in [-0.25, -0.2) is 0 Å². The zero-order valence-corrected chi connectivity index (χ0v) is 12.0. The average Bonchev–Trinajstić information content (AvgIpc) is 3.25. The molecule has 0 bridgehead atoms. The van der Waals surface area contributed by atoms with Gasteiger partial charge in [0.25, 0.3) is 0 Å². The van der Waals surface area contributed by atoms with Crippen LogP contribution in [0.3, 0.4) is 0 Å². The van der Waals surface area contributed by atoms with Crippen LogP contribution in [-0.2, 0) is 4.79 Å². The number of carbonyl (C=O) groups is 1. The van der Waals surface area contributed by atoms with E-state index in [1.165, 1.54) is 35.9 Å². The van der Waals surface area contributed by atoms with Crippen molar-refractivity contribution in [1.82, 2.24) is 5.01 Å². The summed E-state index contributed by atoms with van der Waals surface area (Å²) in [6.07, 6.45) is 7.37. The first-order chi connectivity index (χ1) is 9.81. The normalized spacial score (nSPS) is 22.3. The lowest BCUT2D eigenvalue weighted by atomic mass is 10.2. The molecule has 1 saturated carbocycles. The zero-order valence-electron chi connectivity index (χ0n) is 11.2. The minimum atomic E-state index is 0.271. The maximum atomic E-state index is 11.6. The molecule has 3 nitrogen and oxygen atoms in total. The fourth-order valence-corrected chi connectivity index (χ4v) is 3.65. The number of anilines is 1. The van der Waals surface area contributed by atoms with E-state index in [-0.39, 0.29) is 5.12 Å². The third-order valence-electron chi connectivity index (χ3n) is 3.90. The molecule has 0 N–H and O–H groups in total. The van der Waals surface area contributed by atoms with Crippen molar-refractivity contribution < 1.29 is 4.79 Å². The lowest BCUT2D eigenvalue weighted by Gasteiger charge is -2.35. The van der Waals surface area contributed by atoms with E-state index in [1.807, 2.05) is 6.07 Å². The topological polar surface area (TPSA) is 23.6 Å². The molecule has 1 aromatic rings. The second-order valence-electron chi connectivity index (χ2n) is 5.44. The lowest BCUT2D eigenvalue weighted by molar-refractivity contribution is -0.110. The summed E-state index contributed by atoms with van der Waals surface area (Å²) in [6, 6.07) is 11.1. The van der Waals surface area contributed by atoms with Crippen molar-refractivity contribution >= 4 is 22.6 Å². The summed E-state index contributed by atoms with van der Waals surface area (Å²) < 4.78 is 0. The molecule has 0 spiro atoms.